The molecule has 34 heavy (non-hydrogen) atoms. The first kappa shape index (κ1) is 22.4. The third kappa shape index (κ3) is 4.03. The number of benzene rings is 1. The molecule has 0 radical (unpaired) electrons. The molecule has 1 fully saturated rings. The van der Waals surface area contributed by atoms with Gasteiger partial charge in [-0.1, -0.05) is 11.6 Å². The fraction of sp³-hybridized carbons (Fsp3) is 0.320. The zero-order valence-corrected chi connectivity index (χ0v) is 19.9. The van der Waals surface area contributed by atoms with Crippen LogP contribution in [-0.4, -0.2) is 30.7 Å². The van der Waals surface area contributed by atoms with E-state index in [4.69, 9.17) is 21.3 Å². The quantitative estimate of drug-likeness (QED) is 0.446. The second kappa shape index (κ2) is 8.77. The summed E-state index contributed by atoms with van der Waals surface area (Å²) in [5, 5.41) is 0.578. The summed E-state index contributed by atoms with van der Waals surface area (Å²) in [7, 11) is 1.71. The standard InChI is InChI=1S/C25H24ClN5O3/c1-14-15(2)28-24-23(27-14)29-22(25(33)31(24)19-6-4-18(26)5-7-19)17-9-11-34-20(12-17)16-8-10-30(3)21(32)13-16/h4-8,10,13,17,20H,9,11-12H2,1-3H3/t17-,20+/m0/s1. The Morgan fingerprint density at radius 2 is 1.76 bits per heavy atom. The van der Waals surface area contributed by atoms with Gasteiger partial charge in [-0.2, -0.15) is 0 Å². The average molecular weight is 478 g/mol. The molecule has 4 heterocycles. The van der Waals surface area contributed by atoms with Gasteiger partial charge in [0, 0.05) is 36.9 Å². The Morgan fingerprint density at radius 3 is 2.50 bits per heavy atom. The van der Waals surface area contributed by atoms with Gasteiger partial charge in [0.1, 0.15) is 5.69 Å². The van der Waals surface area contributed by atoms with E-state index in [-0.39, 0.29) is 23.1 Å². The highest BCUT2D eigenvalue weighted by Crippen LogP contribution is 2.36. The van der Waals surface area contributed by atoms with Gasteiger partial charge < -0.3 is 9.30 Å². The summed E-state index contributed by atoms with van der Waals surface area (Å²) in [6.07, 6.45) is 2.63. The molecule has 1 aromatic carbocycles. The zero-order chi connectivity index (χ0) is 24.0. The number of ether oxygens (including phenoxy) is 1. The van der Waals surface area contributed by atoms with E-state index in [2.05, 4.69) is 9.97 Å². The van der Waals surface area contributed by atoms with Crippen molar-refractivity contribution in [3.63, 3.8) is 0 Å². The van der Waals surface area contributed by atoms with Crippen LogP contribution in [-0.2, 0) is 11.8 Å². The maximum atomic E-state index is 13.8. The van der Waals surface area contributed by atoms with E-state index in [9.17, 15) is 9.59 Å². The van der Waals surface area contributed by atoms with E-state index in [1.807, 2.05) is 19.9 Å². The van der Waals surface area contributed by atoms with Gasteiger partial charge in [0.05, 0.1) is 23.2 Å². The molecule has 0 aliphatic carbocycles. The third-order valence-corrected chi connectivity index (χ3v) is 6.64. The summed E-state index contributed by atoms with van der Waals surface area (Å²) in [5.41, 5.74) is 3.88. The van der Waals surface area contributed by atoms with Crippen molar-refractivity contribution in [2.45, 2.75) is 38.7 Å². The van der Waals surface area contributed by atoms with Crippen molar-refractivity contribution in [1.82, 2.24) is 24.1 Å². The van der Waals surface area contributed by atoms with Crippen LogP contribution in [0.1, 0.15) is 47.5 Å². The van der Waals surface area contributed by atoms with Crippen LogP contribution in [0.5, 0.6) is 0 Å². The van der Waals surface area contributed by atoms with E-state index in [0.29, 0.717) is 47.1 Å². The molecule has 1 aliphatic heterocycles. The molecule has 3 aromatic heterocycles. The van der Waals surface area contributed by atoms with E-state index >= 15 is 0 Å². The van der Waals surface area contributed by atoms with Crippen molar-refractivity contribution >= 4 is 22.9 Å². The highest BCUT2D eigenvalue weighted by atomic mass is 35.5. The van der Waals surface area contributed by atoms with Crippen molar-refractivity contribution < 1.29 is 4.74 Å². The smallest absolute Gasteiger partial charge is 0.278 e. The van der Waals surface area contributed by atoms with Crippen molar-refractivity contribution in [3.05, 3.63) is 91.0 Å². The zero-order valence-electron chi connectivity index (χ0n) is 19.2. The van der Waals surface area contributed by atoms with Crippen molar-refractivity contribution in [2.75, 3.05) is 6.61 Å². The number of rotatable bonds is 3. The van der Waals surface area contributed by atoms with Gasteiger partial charge in [-0.05, 0) is 62.6 Å². The number of fused-ring (bicyclic) bond motifs is 1. The molecule has 174 valence electrons. The lowest BCUT2D eigenvalue weighted by molar-refractivity contribution is 0.00429. The first-order valence-corrected chi connectivity index (χ1v) is 11.5. The molecule has 0 N–H and O–H groups in total. The van der Waals surface area contributed by atoms with Gasteiger partial charge in [-0.25, -0.2) is 15.0 Å². The Hall–Kier alpha value is -3.36. The molecule has 4 aromatic rings. The van der Waals surface area contributed by atoms with Crippen molar-refractivity contribution in [2.24, 2.45) is 7.05 Å². The molecule has 1 saturated heterocycles. The van der Waals surface area contributed by atoms with Gasteiger partial charge in [-0.3, -0.25) is 14.2 Å². The second-order valence-corrected chi connectivity index (χ2v) is 9.08. The topological polar surface area (TPSA) is 91.9 Å². The predicted octanol–water partition coefficient (Wildman–Crippen LogP) is 3.78. The van der Waals surface area contributed by atoms with Gasteiger partial charge in [0.25, 0.3) is 11.1 Å². The molecular formula is C25H24ClN5O3. The maximum absolute atomic E-state index is 13.8. The van der Waals surface area contributed by atoms with Crippen LogP contribution >= 0.6 is 11.6 Å². The SMILES string of the molecule is Cc1nc2nc([C@H]3CCO[C@@H](c4ccn(C)c(=O)c4)C3)c(=O)n(-c3ccc(Cl)cc3)c2nc1C. The van der Waals surface area contributed by atoms with E-state index < -0.39 is 0 Å². The first-order valence-electron chi connectivity index (χ1n) is 11.1. The Kier molecular flexibility index (Phi) is 5.79. The third-order valence-electron chi connectivity index (χ3n) is 6.39. The number of halogens is 1. The molecule has 2 atom stereocenters. The minimum absolute atomic E-state index is 0.0988. The number of aromatic nitrogens is 5. The van der Waals surface area contributed by atoms with Crippen LogP contribution < -0.4 is 11.1 Å². The molecule has 0 saturated carbocycles. The molecule has 1 aliphatic rings. The van der Waals surface area contributed by atoms with Crippen LogP contribution in [0.3, 0.4) is 0 Å². The van der Waals surface area contributed by atoms with Gasteiger partial charge in [-0.15, -0.1) is 0 Å². The summed E-state index contributed by atoms with van der Waals surface area (Å²) in [6.45, 7) is 4.20. The van der Waals surface area contributed by atoms with Crippen LogP contribution in [0.15, 0.2) is 52.2 Å². The number of nitrogens with zero attached hydrogens (tertiary/aromatic N) is 5. The summed E-state index contributed by atoms with van der Waals surface area (Å²) in [6, 6.07) is 10.5. The molecule has 0 unspecified atom stereocenters. The molecule has 0 spiro atoms. The highest BCUT2D eigenvalue weighted by Gasteiger charge is 2.30. The Balaban J connectivity index is 1.64. The van der Waals surface area contributed by atoms with Crippen molar-refractivity contribution in [1.29, 1.82) is 0 Å². The summed E-state index contributed by atoms with van der Waals surface area (Å²) < 4.78 is 9.06. The molecular weight excluding hydrogens is 454 g/mol. The summed E-state index contributed by atoms with van der Waals surface area (Å²) in [5.74, 6) is -0.151. The normalized spacial score (nSPS) is 18.4. The average Bonchev–Trinajstić information content (AvgIpc) is 2.83. The highest BCUT2D eigenvalue weighted by molar-refractivity contribution is 6.30. The summed E-state index contributed by atoms with van der Waals surface area (Å²) in [4.78, 5) is 39.9. The predicted molar refractivity (Wildman–Crippen MR) is 130 cm³/mol. The lowest BCUT2D eigenvalue weighted by atomic mass is 9.89. The molecule has 0 bridgehead atoms. The fourth-order valence-corrected chi connectivity index (χ4v) is 4.44. The van der Waals surface area contributed by atoms with E-state index in [1.165, 1.54) is 4.57 Å². The lowest BCUT2D eigenvalue weighted by Crippen LogP contribution is -2.31. The lowest BCUT2D eigenvalue weighted by Gasteiger charge is -2.29. The largest absolute Gasteiger partial charge is 0.373 e. The molecule has 5 rings (SSSR count). The number of aryl methyl sites for hydroxylation is 3. The van der Waals surface area contributed by atoms with Crippen LogP contribution in [0.25, 0.3) is 17.0 Å². The van der Waals surface area contributed by atoms with Gasteiger partial charge in [0.2, 0.25) is 0 Å². The monoisotopic (exact) mass is 477 g/mol. The minimum atomic E-state index is -0.292. The van der Waals surface area contributed by atoms with Crippen LogP contribution in [0, 0.1) is 13.8 Å². The Bertz CT molecular complexity index is 1510. The molecule has 0 amide bonds. The first-order chi connectivity index (χ1) is 16.3. The van der Waals surface area contributed by atoms with E-state index in [0.717, 1.165) is 17.0 Å². The number of hydrogen-bond acceptors (Lipinski definition) is 6. The minimum Gasteiger partial charge on any atom is -0.373 e. The Morgan fingerprint density at radius 1 is 1.03 bits per heavy atom. The van der Waals surface area contributed by atoms with Crippen molar-refractivity contribution in [3.8, 4) is 5.69 Å². The van der Waals surface area contributed by atoms with Gasteiger partial charge >= 0.3 is 0 Å². The number of pyridine rings is 1. The molecule has 9 heteroatoms. The maximum Gasteiger partial charge on any atom is 0.278 e. The van der Waals surface area contributed by atoms with Crippen LogP contribution in [0.2, 0.25) is 5.02 Å². The van der Waals surface area contributed by atoms with Gasteiger partial charge in [0.15, 0.2) is 11.3 Å². The molecule has 8 nitrogen and oxygen atoms in total. The van der Waals surface area contributed by atoms with E-state index in [1.54, 1.807) is 48.1 Å². The number of hydrogen-bond donors (Lipinski definition) is 0. The second-order valence-electron chi connectivity index (χ2n) is 8.65. The Labute approximate surface area is 200 Å². The summed E-state index contributed by atoms with van der Waals surface area (Å²) >= 11 is 6.09. The van der Waals surface area contributed by atoms with Crippen LogP contribution in [0.4, 0.5) is 0 Å². The fourth-order valence-electron chi connectivity index (χ4n) is 4.31.